The number of anilines is 1. The molecule has 1 rings (SSSR count). The molecule has 0 aromatic heterocycles. The molecule has 1 amide bonds. The fraction of sp³-hybridized carbons (Fsp3) is 0.333. The minimum absolute atomic E-state index is 0.0209. The number of hydrogen-bond donors (Lipinski definition) is 3. The quantitative estimate of drug-likeness (QED) is 0.238. The molecule has 1 unspecified atom stereocenters. The third-order valence-corrected chi connectivity index (χ3v) is 3.99. The summed E-state index contributed by atoms with van der Waals surface area (Å²) in [5.74, 6) is 0.914. The van der Waals surface area contributed by atoms with Crippen molar-refractivity contribution in [2.24, 2.45) is 0 Å². The Morgan fingerprint density at radius 2 is 1.81 bits per heavy atom. The van der Waals surface area contributed by atoms with Crippen LogP contribution in [0.2, 0.25) is 19.6 Å². The topological polar surface area (TPSA) is 93.3 Å². The lowest BCUT2D eigenvalue weighted by Gasteiger charge is -2.10. The van der Waals surface area contributed by atoms with Crippen LogP contribution < -0.4 is 5.32 Å². The molecular weight excluding hydrogens is 377 g/mol. The molecule has 0 saturated carbocycles. The highest BCUT2D eigenvalue weighted by atomic mass is 28.3. The third-order valence-electron chi connectivity index (χ3n) is 3.10. The first kappa shape index (κ1) is 22.3. The van der Waals surface area contributed by atoms with E-state index in [-0.39, 0.29) is 5.69 Å². The van der Waals surface area contributed by atoms with Crippen LogP contribution in [0.15, 0.2) is 35.6 Å². The molecule has 0 bridgehead atoms. The first-order valence-electron chi connectivity index (χ1n) is 7.85. The molecule has 0 saturated heterocycles. The number of nitriles is 1. The summed E-state index contributed by atoms with van der Waals surface area (Å²) in [6.45, 7) is 5.88. The number of hydrogen-bond acceptors (Lipinski definition) is 4. The van der Waals surface area contributed by atoms with Gasteiger partial charge in [-0.25, -0.2) is 0 Å². The van der Waals surface area contributed by atoms with E-state index in [1.165, 1.54) is 6.07 Å². The van der Waals surface area contributed by atoms with Crippen molar-refractivity contribution in [1.82, 2.24) is 0 Å². The highest BCUT2D eigenvalue weighted by Gasteiger charge is 2.30. The lowest BCUT2D eigenvalue weighted by atomic mass is 10.1. The van der Waals surface area contributed by atoms with Crippen LogP contribution in [0.1, 0.15) is 12.0 Å². The Bertz CT molecular complexity index is 823. The molecule has 1 aromatic rings. The Hall–Kier alpha value is -2.75. The number of benzene rings is 1. The molecule has 0 aliphatic heterocycles. The normalized spacial score (nSPS) is 13.6. The standard InChI is InChI=1S/C18H19F3N2O3Si/c1-27(2,3)9-8-14(24)10-16(25)15(11-22)17(26)23-13-6-4-12(5-7-13)18(19,20)21/h4-7,14,24-25H,10H2,1-3H3,(H,23,26)/b16-15-. The molecule has 3 N–H and O–H groups in total. The Kier molecular flexibility index (Phi) is 7.23. The summed E-state index contributed by atoms with van der Waals surface area (Å²) in [5.41, 5.74) is 1.39. The first-order valence-corrected chi connectivity index (χ1v) is 11.3. The molecule has 1 aromatic carbocycles. The average Bonchev–Trinajstić information content (AvgIpc) is 2.52. The zero-order valence-electron chi connectivity index (χ0n) is 15.0. The van der Waals surface area contributed by atoms with Crippen LogP contribution in [0.25, 0.3) is 0 Å². The second-order valence-electron chi connectivity index (χ2n) is 6.70. The number of nitrogens with zero attached hydrogens (tertiary/aromatic N) is 1. The molecule has 0 radical (unpaired) electrons. The van der Waals surface area contributed by atoms with Crippen LogP contribution >= 0.6 is 0 Å². The van der Waals surface area contributed by atoms with Crippen LogP contribution in [0.3, 0.4) is 0 Å². The van der Waals surface area contributed by atoms with Crippen molar-refractivity contribution < 1.29 is 28.2 Å². The van der Waals surface area contributed by atoms with Gasteiger partial charge in [0.2, 0.25) is 0 Å². The summed E-state index contributed by atoms with van der Waals surface area (Å²) < 4.78 is 37.6. The number of amides is 1. The van der Waals surface area contributed by atoms with Crippen molar-refractivity contribution in [1.29, 1.82) is 5.26 Å². The lowest BCUT2D eigenvalue weighted by Crippen LogP contribution is -2.19. The monoisotopic (exact) mass is 396 g/mol. The van der Waals surface area contributed by atoms with Gasteiger partial charge in [0.1, 0.15) is 26.0 Å². The van der Waals surface area contributed by atoms with E-state index in [9.17, 15) is 28.2 Å². The van der Waals surface area contributed by atoms with Crippen LogP contribution in [-0.2, 0) is 11.0 Å². The minimum Gasteiger partial charge on any atom is -0.511 e. The van der Waals surface area contributed by atoms with Crippen LogP contribution in [0, 0.1) is 22.8 Å². The van der Waals surface area contributed by atoms with Gasteiger partial charge in [-0.1, -0.05) is 25.6 Å². The van der Waals surface area contributed by atoms with Crippen LogP contribution in [0.5, 0.6) is 0 Å². The number of carbonyl (C=O) groups excluding carboxylic acids is 1. The summed E-state index contributed by atoms with van der Waals surface area (Å²) in [4.78, 5) is 12.1. The maximum atomic E-state index is 12.5. The van der Waals surface area contributed by atoms with Gasteiger partial charge in [0.15, 0.2) is 5.57 Å². The van der Waals surface area contributed by atoms with Gasteiger partial charge < -0.3 is 15.5 Å². The van der Waals surface area contributed by atoms with E-state index in [0.29, 0.717) is 0 Å². The summed E-state index contributed by atoms with van der Waals surface area (Å²) in [6.07, 6.45) is -6.18. The molecule has 0 aliphatic rings. The number of aliphatic hydroxyl groups is 2. The zero-order valence-corrected chi connectivity index (χ0v) is 16.0. The smallest absolute Gasteiger partial charge is 0.416 e. The Morgan fingerprint density at radius 3 is 2.26 bits per heavy atom. The largest absolute Gasteiger partial charge is 0.511 e. The second-order valence-corrected chi connectivity index (χ2v) is 11.5. The van der Waals surface area contributed by atoms with Gasteiger partial charge >= 0.3 is 6.18 Å². The van der Waals surface area contributed by atoms with E-state index >= 15 is 0 Å². The van der Waals surface area contributed by atoms with Crippen molar-refractivity contribution in [2.45, 2.75) is 38.3 Å². The van der Waals surface area contributed by atoms with Gasteiger partial charge in [-0.05, 0) is 24.3 Å². The van der Waals surface area contributed by atoms with E-state index in [1.54, 1.807) is 0 Å². The molecule has 9 heteroatoms. The van der Waals surface area contributed by atoms with Gasteiger partial charge in [0, 0.05) is 12.1 Å². The van der Waals surface area contributed by atoms with Gasteiger partial charge in [-0.3, -0.25) is 4.79 Å². The summed E-state index contributed by atoms with van der Waals surface area (Å²) in [6, 6.07) is 5.14. The summed E-state index contributed by atoms with van der Waals surface area (Å²) >= 11 is 0. The number of halogens is 3. The van der Waals surface area contributed by atoms with Gasteiger partial charge in [-0.15, -0.1) is 5.54 Å². The van der Waals surface area contributed by atoms with E-state index in [0.717, 1.165) is 24.3 Å². The number of nitrogens with one attached hydrogen (secondary N) is 1. The zero-order chi connectivity index (χ0) is 20.8. The Balaban J connectivity index is 2.90. The fourth-order valence-electron chi connectivity index (χ4n) is 1.82. The molecule has 144 valence electrons. The van der Waals surface area contributed by atoms with Crippen LogP contribution in [-0.4, -0.2) is 30.3 Å². The molecule has 0 spiro atoms. The second kappa shape index (κ2) is 8.76. The molecule has 1 atom stereocenters. The molecule has 0 heterocycles. The SMILES string of the molecule is C[Si](C)(C)C#CC(O)C/C(O)=C(\C#N)C(=O)Nc1ccc(C(F)(F)F)cc1. The highest BCUT2D eigenvalue weighted by Crippen LogP contribution is 2.29. The predicted octanol–water partition coefficient (Wildman–Crippen LogP) is 3.61. The van der Waals surface area contributed by atoms with Crippen LogP contribution in [0.4, 0.5) is 18.9 Å². The number of carbonyl (C=O) groups is 1. The highest BCUT2D eigenvalue weighted by molar-refractivity contribution is 6.83. The first-order chi connectivity index (χ1) is 12.3. The van der Waals surface area contributed by atoms with Crippen molar-refractivity contribution >= 4 is 19.7 Å². The van der Waals surface area contributed by atoms with Crippen molar-refractivity contribution in [3.8, 4) is 17.5 Å². The lowest BCUT2D eigenvalue weighted by molar-refractivity contribution is -0.137. The summed E-state index contributed by atoms with van der Waals surface area (Å²) in [7, 11) is -1.74. The molecule has 0 aliphatic carbocycles. The van der Waals surface area contributed by atoms with Gasteiger partial charge in [0.05, 0.1) is 5.56 Å². The average molecular weight is 396 g/mol. The minimum atomic E-state index is -4.51. The van der Waals surface area contributed by atoms with Crippen molar-refractivity contribution in [3.05, 3.63) is 41.2 Å². The van der Waals surface area contributed by atoms with Gasteiger partial charge in [-0.2, -0.15) is 18.4 Å². The maximum absolute atomic E-state index is 12.5. The van der Waals surface area contributed by atoms with Crippen molar-refractivity contribution in [2.75, 3.05) is 5.32 Å². The van der Waals surface area contributed by atoms with E-state index < -0.39 is 49.6 Å². The summed E-state index contributed by atoms with van der Waals surface area (Å²) in [5, 5.41) is 31.1. The number of alkyl halides is 3. The van der Waals surface area contributed by atoms with Crippen molar-refractivity contribution in [3.63, 3.8) is 0 Å². The van der Waals surface area contributed by atoms with E-state index in [4.69, 9.17) is 5.26 Å². The molecule has 0 fully saturated rings. The molecule has 27 heavy (non-hydrogen) atoms. The predicted molar refractivity (Wildman–Crippen MR) is 97.1 cm³/mol. The maximum Gasteiger partial charge on any atom is 0.416 e. The Labute approximate surface area is 156 Å². The third kappa shape index (κ3) is 7.56. The van der Waals surface area contributed by atoms with E-state index in [2.05, 4.69) is 16.8 Å². The van der Waals surface area contributed by atoms with Gasteiger partial charge in [0.25, 0.3) is 5.91 Å². The number of aliphatic hydroxyl groups excluding tert-OH is 2. The number of rotatable bonds is 4. The molecular formula is C18H19F3N2O3Si. The molecule has 5 nitrogen and oxygen atoms in total. The Morgan fingerprint density at radius 1 is 1.26 bits per heavy atom. The van der Waals surface area contributed by atoms with E-state index in [1.807, 2.05) is 19.6 Å². The fourth-order valence-corrected chi connectivity index (χ4v) is 2.42.